The molecular weight excluding hydrogens is 326 g/mol. The molecule has 0 spiro atoms. The molecule has 0 radical (unpaired) electrons. The van der Waals surface area contributed by atoms with Crippen LogP contribution >= 0.6 is 11.3 Å². The Morgan fingerprint density at radius 1 is 1.29 bits per heavy atom. The molecule has 1 aliphatic carbocycles. The Morgan fingerprint density at radius 3 is 2.75 bits per heavy atom. The molecule has 7 nitrogen and oxygen atoms in total. The number of likely N-dealkylation sites (tertiary alicyclic amines) is 1. The summed E-state index contributed by atoms with van der Waals surface area (Å²) < 4.78 is 1.56. The van der Waals surface area contributed by atoms with Gasteiger partial charge in [-0.1, -0.05) is 24.2 Å². The maximum absolute atomic E-state index is 11.4. The number of anilines is 1. The van der Waals surface area contributed by atoms with Gasteiger partial charge in [0.25, 0.3) is 4.96 Å². The molecule has 0 unspecified atom stereocenters. The maximum atomic E-state index is 11.4. The van der Waals surface area contributed by atoms with Crippen LogP contribution in [0.15, 0.2) is 11.6 Å². The van der Waals surface area contributed by atoms with Gasteiger partial charge in [0.05, 0.1) is 0 Å². The molecule has 1 N–H and O–H groups in total. The van der Waals surface area contributed by atoms with Gasteiger partial charge in [0.2, 0.25) is 5.82 Å². The summed E-state index contributed by atoms with van der Waals surface area (Å²) in [6.07, 6.45) is 9.31. The molecule has 1 aliphatic heterocycles. The summed E-state index contributed by atoms with van der Waals surface area (Å²) in [6, 6.07) is 0.271. The van der Waals surface area contributed by atoms with Crippen LogP contribution in [0.2, 0.25) is 0 Å². The average Bonchev–Trinajstić information content (AvgIpc) is 3.26. The second kappa shape index (κ2) is 6.68. The van der Waals surface area contributed by atoms with Gasteiger partial charge in [-0.3, -0.25) is 0 Å². The van der Waals surface area contributed by atoms with Crippen LogP contribution in [0, 0.1) is 16.0 Å². The lowest BCUT2D eigenvalue weighted by molar-refractivity contribution is -0.389. The summed E-state index contributed by atoms with van der Waals surface area (Å²) in [4.78, 5) is 18.7. The molecule has 8 heteroatoms. The standard InChI is InChI=1S/C16H23N5O2S/c22-21(23)15-14(18-16-20(15)9-10-24-16)17-13-5-7-19(8-6-13)11-12-3-1-2-4-12/h9-10,12-13,17H,1-8,11H2. The van der Waals surface area contributed by atoms with E-state index >= 15 is 0 Å². The van der Waals surface area contributed by atoms with Crippen molar-refractivity contribution < 1.29 is 4.92 Å². The molecule has 2 fully saturated rings. The van der Waals surface area contributed by atoms with Gasteiger partial charge in [-0.2, -0.15) is 9.38 Å². The summed E-state index contributed by atoms with van der Waals surface area (Å²) >= 11 is 1.42. The van der Waals surface area contributed by atoms with Gasteiger partial charge in [-0.25, -0.2) is 0 Å². The molecule has 3 heterocycles. The summed E-state index contributed by atoms with van der Waals surface area (Å²) in [5, 5.41) is 16.5. The van der Waals surface area contributed by atoms with Crippen molar-refractivity contribution in [1.29, 1.82) is 0 Å². The molecule has 0 atom stereocenters. The average molecular weight is 349 g/mol. The largest absolute Gasteiger partial charge is 0.372 e. The van der Waals surface area contributed by atoms with Crippen LogP contribution < -0.4 is 5.32 Å². The smallest absolute Gasteiger partial charge is 0.360 e. The molecule has 4 rings (SSSR count). The minimum atomic E-state index is -0.343. The first-order valence-electron chi connectivity index (χ1n) is 8.79. The molecule has 24 heavy (non-hydrogen) atoms. The van der Waals surface area contributed by atoms with Gasteiger partial charge in [0.15, 0.2) is 0 Å². The van der Waals surface area contributed by atoms with Gasteiger partial charge < -0.3 is 20.3 Å². The SMILES string of the molecule is O=[N+]([O-])c1c(NC2CCN(CC3CCCC3)CC2)nc2sccn12. The number of hydrogen-bond donors (Lipinski definition) is 1. The lowest BCUT2D eigenvalue weighted by atomic mass is 10.0. The fourth-order valence-corrected chi connectivity index (χ4v) is 4.77. The van der Waals surface area contributed by atoms with Crippen molar-refractivity contribution in [3.63, 3.8) is 0 Å². The quantitative estimate of drug-likeness (QED) is 0.661. The van der Waals surface area contributed by atoms with Crippen LogP contribution in [-0.4, -0.2) is 44.9 Å². The molecule has 0 aromatic carbocycles. The number of aromatic nitrogens is 2. The maximum Gasteiger partial charge on any atom is 0.372 e. The van der Waals surface area contributed by atoms with Crippen LogP contribution in [0.4, 0.5) is 11.6 Å². The molecule has 2 aromatic rings. The van der Waals surface area contributed by atoms with E-state index in [2.05, 4.69) is 15.2 Å². The number of rotatable bonds is 5. The fourth-order valence-electron chi connectivity index (χ4n) is 4.06. The summed E-state index contributed by atoms with van der Waals surface area (Å²) in [5.41, 5.74) is 0. The molecule has 1 saturated carbocycles. The zero-order valence-electron chi connectivity index (χ0n) is 13.7. The Balaban J connectivity index is 1.37. The normalized spacial score (nSPS) is 20.8. The minimum Gasteiger partial charge on any atom is -0.360 e. The van der Waals surface area contributed by atoms with E-state index in [-0.39, 0.29) is 16.8 Å². The minimum absolute atomic E-state index is 0.0552. The highest BCUT2D eigenvalue weighted by Crippen LogP contribution is 2.30. The Labute approximate surface area is 144 Å². The molecule has 0 amide bonds. The number of hydrogen-bond acceptors (Lipinski definition) is 6. The predicted octanol–water partition coefficient (Wildman–Crippen LogP) is 3.37. The number of nitrogens with zero attached hydrogens (tertiary/aromatic N) is 4. The van der Waals surface area contributed by atoms with Gasteiger partial charge in [0.1, 0.15) is 6.20 Å². The number of thiazole rings is 1. The van der Waals surface area contributed by atoms with Crippen LogP contribution in [0.25, 0.3) is 4.96 Å². The van der Waals surface area contributed by atoms with Gasteiger partial charge >= 0.3 is 5.82 Å². The van der Waals surface area contributed by atoms with E-state index < -0.39 is 0 Å². The third-order valence-electron chi connectivity index (χ3n) is 5.33. The van der Waals surface area contributed by atoms with Crippen LogP contribution in [0.1, 0.15) is 38.5 Å². The highest BCUT2D eigenvalue weighted by Gasteiger charge is 2.28. The Kier molecular flexibility index (Phi) is 4.41. The highest BCUT2D eigenvalue weighted by molar-refractivity contribution is 7.15. The number of fused-ring (bicyclic) bond motifs is 1. The summed E-state index contributed by atoms with van der Waals surface area (Å²) in [5.74, 6) is 1.36. The summed E-state index contributed by atoms with van der Waals surface area (Å²) in [7, 11) is 0. The number of imidazole rings is 1. The van der Waals surface area contributed by atoms with Crippen molar-refractivity contribution in [2.45, 2.75) is 44.6 Å². The Bertz CT molecular complexity index is 713. The monoisotopic (exact) mass is 349 g/mol. The van der Waals surface area contributed by atoms with Crippen molar-refractivity contribution in [3.8, 4) is 0 Å². The van der Waals surface area contributed by atoms with Gasteiger partial charge in [-0.15, -0.1) is 0 Å². The molecule has 2 aromatic heterocycles. The molecule has 130 valence electrons. The van der Waals surface area contributed by atoms with E-state index in [1.165, 1.54) is 43.6 Å². The third kappa shape index (κ3) is 3.12. The second-order valence-corrected chi connectivity index (χ2v) is 7.84. The van der Waals surface area contributed by atoms with Crippen molar-refractivity contribution in [2.75, 3.05) is 25.0 Å². The van der Waals surface area contributed by atoms with Crippen LogP contribution in [0.5, 0.6) is 0 Å². The number of piperidine rings is 1. The molecular formula is C16H23N5O2S. The van der Waals surface area contributed by atoms with Crippen LogP contribution in [-0.2, 0) is 0 Å². The zero-order valence-corrected chi connectivity index (χ0v) is 14.5. The highest BCUT2D eigenvalue weighted by atomic mass is 32.1. The van der Waals surface area contributed by atoms with Crippen LogP contribution in [0.3, 0.4) is 0 Å². The second-order valence-electron chi connectivity index (χ2n) is 6.97. The van der Waals surface area contributed by atoms with E-state index in [1.807, 2.05) is 5.38 Å². The van der Waals surface area contributed by atoms with E-state index in [4.69, 9.17) is 0 Å². The van der Waals surface area contributed by atoms with E-state index in [0.29, 0.717) is 10.8 Å². The first-order valence-corrected chi connectivity index (χ1v) is 9.67. The number of nitro groups is 1. The summed E-state index contributed by atoms with van der Waals surface area (Å²) in [6.45, 7) is 3.38. The fraction of sp³-hybridized carbons (Fsp3) is 0.688. The lowest BCUT2D eigenvalue weighted by Gasteiger charge is -2.33. The molecule has 2 aliphatic rings. The first kappa shape index (κ1) is 15.8. The van der Waals surface area contributed by atoms with E-state index in [9.17, 15) is 10.1 Å². The first-order chi connectivity index (χ1) is 11.7. The van der Waals surface area contributed by atoms with E-state index in [1.54, 1.807) is 10.6 Å². The van der Waals surface area contributed by atoms with Crippen molar-refractivity contribution >= 4 is 27.9 Å². The van der Waals surface area contributed by atoms with Crippen molar-refractivity contribution in [2.24, 2.45) is 5.92 Å². The molecule has 1 saturated heterocycles. The Morgan fingerprint density at radius 2 is 2.04 bits per heavy atom. The predicted molar refractivity (Wildman–Crippen MR) is 94.8 cm³/mol. The molecule has 0 bridgehead atoms. The van der Waals surface area contributed by atoms with E-state index in [0.717, 1.165) is 31.8 Å². The zero-order chi connectivity index (χ0) is 16.5. The lowest BCUT2D eigenvalue weighted by Crippen LogP contribution is -2.41. The number of nitrogens with one attached hydrogen (secondary N) is 1. The Hall–Kier alpha value is -1.67. The van der Waals surface area contributed by atoms with Crippen molar-refractivity contribution in [1.82, 2.24) is 14.3 Å². The topological polar surface area (TPSA) is 75.7 Å². The third-order valence-corrected chi connectivity index (χ3v) is 6.09. The van der Waals surface area contributed by atoms with Crippen molar-refractivity contribution in [3.05, 3.63) is 21.7 Å². The van der Waals surface area contributed by atoms with Gasteiger partial charge in [-0.05, 0) is 36.5 Å². The van der Waals surface area contributed by atoms with Gasteiger partial charge in [0, 0.05) is 31.1 Å².